The lowest BCUT2D eigenvalue weighted by Gasteiger charge is -2.17. The molecule has 1 unspecified atom stereocenters. The SMILES string of the molecule is CCn1nc(C)c(C(C)Nn2cccc2)c1C. The molecule has 4 nitrogen and oxygen atoms in total. The molecule has 1 N–H and O–H groups in total. The van der Waals surface area contributed by atoms with Crippen molar-refractivity contribution in [2.45, 2.75) is 40.3 Å². The smallest absolute Gasteiger partial charge is 0.0681 e. The molecule has 0 aliphatic heterocycles. The molecule has 4 heteroatoms. The summed E-state index contributed by atoms with van der Waals surface area (Å²) in [6, 6.07) is 4.27. The van der Waals surface area contributed by atoms with Gasteiger partial charge in [-0.05, 0) is 39.8 Å². The second-order valence-electron chi connectivity index (χ2n) is 4.34. The van der Waals surface area contributed by atoms with Gasteiger partial charge in [0.05, 0.1) is 11.7 Å². The summed E-state index contributed by atoms with van der Waals surface area (Å²) < 4.78 is 4.03. The van der Waals surface area contributed by atoms with Gasteiger partial charge < -0.3 is 5.43 Å². The van der Waals surface area contributed by atoms with Gasteiger partial charge in [0.15, 0.2) is 0 Å². The van der Waals surface area contributed by atoms with Crippen molar-refractivity contribution < 1.29 is 0 Å². The number of rotatable bonds is 4. The molecular weight excluding hydrogens is 212 g/mol. The van der Waals surface area contributed by atoms with Crippen molar-refractivity contribution >= 4 is 0 Å². The Labute approximate surface area is 102 Å². The molecule has 0 aliphatic carbocycles. The Morgan fingerprint density at radius 2 is 1.94 bits per heavy atom. The van der Waals surface area contributed by atoms with Gasteiger partial charge in [-0.25, -0.2) is 0 Å². The van der Waals surface area contributed by atoms with Crippen LogP contribution in [-0.2, 0) is 6.54 Å². The fourth-order valence-electron chi connectivity index (χ4n) is 2.35. The molecule has 0 spiro atoms. The Kier molecular flexibility index (Phi) is 3.22. The molecular formula is C13H20N4. The van der Waals surface area contributed by atoms with E-state index in [2.05, 4.69) is 42.9 Å². The van der Waals surface area contributed by atoms with E-state index in [1.54, 1.807) is 0 Å². The van der Waals surface area contributed by atoms with Gasteiger partial charge in [-0.2, -0.15) is 5.10 Å². The lowest BCUT2D eigenvalue weighted by Crippen LogP contribution is -2.18. The summed E-state index contributed by atoms with van der Waals surface area (Å²) in [6.45, 7) is 9.40. The second-order valence-corrected chi connectivity index (χ2v) is 4.34. The summed E-state index contributed by atoms with van der Waals surface area (Å²) in [5, 5.41) is 4.55. The summed E-state index contributed by atoms with van der Waals surface area (Å²) in [4.78, 5) is 0. The monoisotopic (exact) mass is 232 g/mol. The predicted octanol–water partition coefficient (Wildman–Crippen LogP) is 2.63. The standard InChI is InChI=1S/C13H20N4/c1-5-17-12(4)13(11(3)15-17)10(2)14-16-8-6-7-9-16/h6-10,14H,5H2,1-4H3. The van der Waals surface area contributed by atoms with Gasteiger partial charge in [-0.3, -0.25) is 9.36 Å². The molecule has 0 radical (unpaired) electrons. The molecule has 0 saturated carbocycles. The third-order valence-electron chi connectivity index (χ3n) is 3.12. The Morgan fingerprint density at radius 1 is 1.29 bits per heavy atom. The summed E-state index contributed by atoms with van der Waals surface area (Å²) in [6.07, 6.45) is 4.01. The Balaban J connectivity index is 2.24. The third-order valence-corrected chi connectivity index (χ3v) is 3.12. The van der Waals surface area contributed by atoms with Gasteiger partial charge in [-0.15, -0.1) is 0 Å². The summed E-state index contributed by atoms with van der Waals surface area (Å²) in [5.41, 5.74) is 7.07. The van der Waals surface area contributed by atoms with Crippen LogP contribution in [0.1, 0.15) is 36.8 Å². The van der Waals surface area contributed by atoms with Crippen molar-refractivity contribution in [2.75, 3.05) is 5.43 Å². The topological polar surface area (TPSA) is 34.8 Å². The van der Waals surface area contributed by atoms with E-state index >= 15 is 0 Å². The lowest BCUT2D eigenvalue weighted by atomic mass is 10.1. The summed E-state index contributed by atoms with van der Waals surface area (Å²) >= 11 is 0. The Hall–Kier alpha value is -1.71. The number of aryl methyl sites for hydroxylation is 2. The maximum absolute atomic E-state index is 4.55. The Morgan fingerprint density at radius 3 is 2.47 bits per heavy atom. The van der Waals surface area contributed by atoms with Crippen LogP contribution in [0.3, 0.4) is 0 Å². The molecule has 0 fully saturated rings. The normalized spacial score (nSPS) is 12.7. The van der Waals surface area contributed by atoms with Crippen LogP contribution in [0, 0.1) is 13.8 Å². The summed E-state index contributed by atoms with van der Waals surface area (Å²) in [5.74, 6) is 0. The van der Waals surface area contributed by atoms with Crippen molar-refractivity contribution in [3.63, 3.8) is 0 Å². The van der Waals surface area contributed by atoms with Crippen LogP contribution in [-0.4, -0.2) is 14.5 Å². The molecule has 0 aliphatic rings. The molecule has 2 aromatic rings. The average Bonchev–Trinajstić information content (AvgIpc) is 2.87. The van der Waals surface area contributed by atoms with E-state index in [9.17, 15) is 0 Å². The maximum Gasteiger partial charge on any atom is 0.0681 e. The third kappa shape index (κ3) is 2.20. The average molecular weight is 232 g/mol. The molecule has 0 amide bonds. The largest absolute Gasteiger partial charge is 0.319 e. The number of nitrogens with zero attached hydrogens (tertiary/aromatic N) is 3. The van der Waals surface area contributed by atoms with Gasteiger partial charge in [0.1, 0.15) is 0 Å². The molecule has 1 atom stereocenters. The highest BCUT2D eigenvalue weighted by Gasteiger charge is 2.16. The minimum atomic E-state index is 0.252. The number of hydrogen-bond donors (Lipinski definition) is 1. The van der Waals surface area contributed by atoms with Crippen molar-refractivity contribution in [1.82, 2.24) is 14.5 Å². The summed E-state index contributed by atoms with van der Waals surface area (Å²) in [7, 11) is 0. The molecule has 92 valence electrons. The van der Waals surface area contributed by atoms with Crippen molar-refractivity contribution in [1.29, 1.82) is 0 Å². The molecule has 17 heavy (non-hydrogen) atoms. The predicted molar refractivity (Wildman–Crippen MR) is 69.6 cm³/mol. The lowest BCUT2D eigenvalue weighted by molar-refractivity contribution is 0.631. The number of nitrogens with one attached hydrogen (secondary N) is 1. The maximum atomic E-state index is 4.55. The van der Waals surface area contributed by atoms with E-state index < -0.39 is 0 Å². The zero-order chi connectivity index (χ0) is 12.4. The van der Waals surface area contributed by atoms with Gasteiger partial charge >= 0.3 is 0 Å². The molecule has 2 aromatic heterocycles. The van der Waals surface area contributed by atoms with Crippen LogP contribution >= 0.6 is 0 Å². The van der Waals surface area contributed by atoms with E-state index in [1.807, 2.05) is 29.2 Å². The first-order valence-electron chi connectivity index (χ1n) is 6.07. The molecule has 2 heterocycles. The number of hydrogen-bond acceptors (Lipinski definition) is 2. The first kappa shape index (κ1) is 11.8. The first-order chi connectivity index (χ1) is 8.13. The first-order valence-corrected chi connectivity index (χ1v) is 6.07. The molecule has 0 saturated heterocycles. The van der Waals surface area contributed by atoms with E-state index in [0.29, 0.717) is 0 Å². The van der Waals surface area contributed by atoms with Crippen molar-refractivity contribution in [2.24, 2.45) is 0 Å². The van der Waals surface area contributed by atoms with Crippen LogP contribution in [0.15, 0.2) is 24.5 Å². The van der Waals surface area contributed by atoms with E-state index in [1.165, 1.54) is 11.3 Å². The highest BCUT2D eigenvalue weighted by atomic mass is 15.4. The highest BCUT2D eigenvalue weighted by molar-refractivity contribution is 5.29. The Bertz CT molecular complexity index is 482. The quantitative estimate of drug-likeness (QED) is 0.879. The minimum absolute atomic E-state index is 0.252. The van der Waals surface area contributed by atoms with Crippen LogP contribution < -0.4 is 5.43 Å². The minimum Gasteiger partial charge on any atom is -0.319 e. The van der Waals surface area contributed by atoms with Crippen molar-refractivity contribution in [3.8, 4) is 0 Å². The van der Waals surface area contributed by atoms with Gasteiger partial charge in [0, 0.05) is 30.2 Å². The molecule has 0 aromatic carbocycles. The van der Waals surface area contributed by atoms with Gasteiger partial charge in [-0.1, -0.05) is 0 Å². The van der Waals surface area contributed by atoms with Crippen LogP contribution in [0.25, 0.3) is 0 Å². The van der Waals surface area contributed by atoms with E-state index in [-0.39, 0.29) is 6.04 Å². The van der Waals surface area contributed by atoms with E-state index in [0.717, 1.165) is 12.2 Å². The van der Waals surface area contributed by atoms with E-state index in [4.69, 9.17) is 0 Å². The van der Waals surface area contributed by atoms with Gasteiger partial charge in [0.2, 0.25) is 0 Å². The zero-order valence-corrected chi connectivity index (χ0v) is 10.9. The highest BCUT2D eigenvalue weighted by Crippen LogP contribution is 2.22. The fourth-order valence-corrected chi connectivity index (χ4v) is 2.35. The van der Waals surface area contributed by atoms with Crippen LogP contribution in [0.4, 0.5) is 0 Å². The van der Waals surface area contributed by atoms with Gasteiger partial charge in [0.25, 0.3) is 0 Å². The van der Waals surface area contributed by atoms with Crippen molar-refractivity contribution in [3.05, 3.63) is 41.5 Å². The number of aromatic nitrogens is 3. The van der Waals surface area contributed by atoms with Crippen LogP contribution in [0.2, 0.25) is 0 Å². The second kappa shape index (κ2) is 4.65. The fraction of sp³-hybridized carbons (Fsp3) is 0.462. The van der Waals surface area contributed by atoms with Crippen LogP contribution in [0.5, 0.6) is 0 Å². The zero-order valence-electron chi connectivity index (χ0n) is 10.9. The molecule has 0 bridgehead atoms. The molecule has 2 rings (SSSR count).